The number of nitrogens with zero attached hydrogens (tertiary/aromatic N) is 3. The van der Waals surface area contributed by atoms with E-state index < -0.39 is 10.0 Å². The SMILES string of the molecule is CI.O=S(=O)(NCC1=NN(c2ccc(Cl)cc2Cl)C(c2ccc(Cl)cc2)C1)c1cccnc1. The summed E-state index contributed by atoms with van der Waals surface area (Å²) in [5.41, 5.74) is 2.32. The summed E-state index contributed by atoms with van der Waals surface area (Å²) in [6.07, 6.45) is 3.33. The van der Waals surface area contributed by atoms with Crippen molar-refractivity contribution in [1.82, 2.24) is 9.71 Å². The molecule has 0 saturated heterocycles. The smallest absolute Gasteiger partial charge is 0.242 e. The summed E-state index contributed by atoms with van der Waals surface area (Å²) in [5.74, 6) is 0. The Balaban J connectivity index is 0.00000149. The van der Waals surface area contributed by atoms with E-state index in [0.717, 1.165) is 5.56 Å². The van der Waals surface area contributed by atoms with Crippen molar-refractivity contribution in [3.8, 4) is 0 Å². The molecule has 6 nitrogen and oxygen atoms in total. The first-order valence-electron chi connectivity index (χ1n) is 9.67. The molecule has 174 valence electrons. The number of sulfonamides is 1. The van der Waals surface area contributed by atoms with Crippen LogP contribution in [0, 0.1) is 0 Å². The van der Waals surface area contributed by atoms with Crippen LogP contribution < -0.4 is 9.73 Å². The number of hydrogen-bond donors (Lipinski definition) is 1. The maximum Gasteiger partial charge on any atom is 0.242 e. The van der Waals surface area contributed by atoms with Crippen molar-refractivity contribution in [2.24, 2.45) is 5.10 Å². The number of alkyl halides is 1. The molecule has 4 rings (SSSR count). The zero-order chi connectivity index (χ0) is 24.0. The predicted molar refractivity (Wildman–Crippen MR) is 145 cm³/mol. The van der Waals surface area contributed by atoms with E-state index in [1.807, 2.05) is 29.2 Å². The lowest BCUT2D eigenvalue weighted by molar-refractivity contribution is 0.585. The molecule has 1 unspecified atom stereocenters. The first kappa shape index (κ1) is 26.2. The summed E-state index contributed by atoms with van der Waals surface area (Å²) >= 11 is 20.7. The Morgan fingerprint density at radius 2 is 1.76 bits per heavy atom. The van der Waals surface area contributed by atoms with E-state index in [1.165, 1.54) is 18.5 Å². The van der Waals surface area contributed by atoms with Gasteiger partial charge in [-0.05, 0) is 53.0 Å². The van der Waals surface area contributed by atoms with Gasteiger partial charge in [-0.3, -0.25) is 9.99 Å². The lowest BCUT2D eigenvalue weighted by atomic mass is 10.0. The van der Waals surface area contributed by atoms with Crippen molar-refractivity contribution in [2.75, 3.05) is 16.5 Å². The van der Waals surface area contributed by atoms with Crippen LogP contribution in [0.15, 0.2) is 77.0 Å². The van der Waals surface area contributed by atoms with Gasteiger partial charge in [0.25, 0.3) is 0 Å². The molecule has 1 N–H and O–H groups in total. The van der Waals surface area contributed by atoms with E-state index in [2.05, 4.69) is 37.4 Å². The fourth-order valence-corrected chi connectivity index (χ4v) is 4.88. The Bertz CT molecular complexity index is 1230. The molecule has 0 spiro atoms. The highest BCUT2D eigenvalue weighted by molar-refractivity contribution is 14.1. The minimum absolute atomic E-state index is 0.0586. The summed E-state index contributed by atoms with van der Waals surface area (Å²) < 4.78 is 27.7. The third-order valence-electron chi connectivity index (χ3n) is 4.80. The Hall–Kier alpha value is -1.43. The maximum absolute atomic E-state index is 12.6. The third kappa shape index (κ3) is 6.58. The average molecular weight is 638 g/mol. The standard InChI is InChI=1S/C21H17Cl3N4O2S.CH3I/c22-15-5-3-14(4-6-15)21-11-17(12-26-31(29,30)18-2-1-9-25-13-18)27-28(21)20-8-7-16(23)10-19(20)24;1-2/h1-10,13,21,26H,11-12H2;1H3. The molecule has 1 aromatic heterocycles. The van der Waals surface area contributed by atoms with Gasteiger partial charge in [-0.25, -0.2) is 13.1 Å². The molecule has 1 aliphatic rings. The lowest BCUT2D eigenvalue weighted by Gasteiger charge is -2.25. The number of pyridine rings is 1. The molecular formula is C22H20Cl3IN4O2S. The fraction of sp³-hybridized carbons (Fsp3) is 0.182. The van der Waals surface area contributed by atoms with Crippen LogP contribution in [0.2, 0.25) is 15.1 Å². The van der Waals surface area contributed by atoms with Gasteiger partial charge >= 0.3 is 0 Å². The summed E-state index contributed by atoms with van der Waals surface area (Å²) in [6, 6.07) is 15.5. The number of benzene rings is 2. The Morgan fingerprint density at radius 1 is 1.06 bits per heavy atom. The molecule has 1 atom stereocenters. The van der Waals surface area contributed by atoms with E-state index in [-0.39, 0.29) is 17.5 Å². The predicted octanol–water partition coefficient (Wildman–Crippen LogP) is 6.38. The quantitative estimate of drug-likeness (QED) is 0.252. The number of hydrogen-bond acceptors (Lipinski definition) is 5. The van der Waals surface area contributed by atoms with Gasteiger partial charge in [0.05, 0.1) is 29.0 Å². The van der Waals surface area contributed by atoms with Crippen LogP contribution in [-0.4, -0.2) is 30.6 Å². The van der Waals surface area contributed by atoms with Gasteiger partial charge in [0.2, 0.25) is 10.0 Å². The molecule has 0 amide bonds. The molecule has 1 aliphatic heterocycles. The summed E-state index contributed by atoms with van der Waals surface area (Å²) in [5, 5.41) is 8.06. The number of halogens is 4. The monoisotopic (exact) mass is 636 g/mol. The van der Waals surface area contributed by atoms with Crippen LogP contribution in [0.4, 0.5) is 5.69 Å². The van der Waals surface area contributed by atoms with Gasteiger partial charge in [0.15, 0.2) is 0 Å². The van der Waals surface area contributed by atoms with E-state index in [1.54, 1.807) is 29.3 Å². The van der Waals surface area contributed by atoms with Gasteiger partial charge in [-0.1, -0.05) is 69.5 Å². The maximum atomic E-state index is 12.6. The molecule has 0 saturated carbocycles. The van der Waals surface area contributed by atoms with E-state index in [4.69, 9.17) is 34.8 Å². The zero-order valence-corrected chi connectivity index (χ0v) is 22.7. The van der Waals surface area contributed by atoms with Crippen molar-refractivity contribution in [3.05, 3.63) is 87.6 Å². The minimum atomic E-state index is -3.70. The first-order valence-corrected chi connectivity index (χ1v) is 14.4. The van der Waals surface area contributed by atoms with Crippen molar-refractivity contribution < 1.29 is 8.42 Å². The number of nitrogens with one attached hydrogen (secondary N) is 1. The normalized spacial score (nSPS) is 15.6. The van der Waals surface area contributed by atoms with Gasteiger partial charge in [0.1, 0.15) is 4.90 Å². The van der Waals surface area contributed by atoms with Crippen LogP contribution in [0.5, 0.6) is 0 Å². The molecule has 11 heteroatoms. The second-order valence-corrected chi connectivity index (χ2v) is 9.94. The van der Waals surface area contributed by atoms with Crippen LogP contribution in [0.25, 0.3) is 0 Å². The van der Waals surface area contributed by atoms with Crippen LogP contribution >= 0.6 is 57.4 Å². The van der Waals surface area contributed by atoms with E-state index >= 15 is 0 Å². The topological polar surface area (TPSA) is 74.7 Å². The summed E-state index contributed by atoms with van der Waals surface area (Å²) in [7, 11) is -3.70. The second kappa shape index (κ2) is 11.8. The second-order valence-electron chi connectivity index (χ2n) is 6.89. The summed E-state index contributed by atoms with van der Waals surface area (Å²) in [4.78, 5) is 5.93. The number of hydrazone groups is 1. The average Bonchev–Trinajstić information content (AvgIpc) is 3.24. The summed E-state index contributed by atoms with van der Waals surface area (Å²) in [6.45, 7) is 0.0586. The largest absolute Gasteiger partial charge is 0.263 e. The highest BCUT2D eigenvalue weighted by Gasteiger charge is 2.31. The fourth-order valence-electron chi connectivity index (χ4n) is 3.28. The number of anilines is 1. The van der Waals surface area contributed by atoms with Crippen molar-refractivity contribution in [3.63, 3.8) is 0 Å². The Kier molecular flexibility index (Phi) is 9.37. The molecule has 2 heterocycles. The molecule has 0 bridgehead atoms. The molecule has 3 aromatic rings. The number of rotatable bonds is 6. The van der Waals surface area contributed by atoms with Gasteiger partial charge < -0.3 is 0 Å². The molecule has 0 fully saturated rings. The van der Waals surface area contributed by atoms with Crippen molar-refractivity contribution in [1.29, 1.82) is 0 Å². The van der Waals surface area contributed by atoms with Gasteiger partial charge in [-0.15, -0.1) is 0 Å². The molecular weight excluding hydrogens is 618 g/mol. The molecule has 0 aliphatic carbocycles. The Labute approximate surface area is 222 Å². The van der Waals surface area contributed by atoms with Crippen LogP contribution in [0.1, 0.15) is 18.0 Å². The lowest BCUT2D eigenvalue weighted by Crippen LogP contribution is -2.29. The van der Waals surface area contributed by atoms with E-state index in [0.29, 0.717) is 32.9 Å². The van der Waals surface area contributed by atoms with Crippen molar-refractivity contribution in [2.45, 2.75) is 17.4 Å². The zero-order valence-electron chi connectivity index (χ0n) is 17.4. The molecule has 2 aromatic carbocycles. The minimum Gasteiger partial charge on any atom is -0.263 e. The first-order chi connectivity index (χ1) is 15.8. The third-order valence-corrected chi connectivity index (χ3v) is 6.97. The number of aromatic nitrogens is 1. The molecule has 33 heavy (non-hydrogen) atoms. The highest BCUT2D eigenvalue weighted by Crippen LogP contribution is 2.39. The van der Waals surface area contributed by atoms with Gasteiger partial charge in [-0.2, -0.15) is 5.10 Å². The van der Waals surface area contributed by atoms with Crippen LogP contribution in [-0.2, 0) is 10.0 Å². The van der Waals surface area contributed by atoms with E-state index in [9.17, 15) is 8.42 Å². The highest BCUT2D eigenvalue weighted by atomic mass is 127. The van der Waals surface area contributed by atoms with Crippen LogP contribution in [0.3, 0.4) is 0 Å². The van der Waals surface area contributed by atoms with Gasteiger partial charge in [0, 0.05) is 28.9 Å². The Morgan fingerprint density at radius 3 is 2.39 bits per heavy atom. The van der Waals surface area contributed by atoms with Crippen molar-refractivity contribution >= 4 is 78.8 Å². The molecule has 0 radical (unpaired) electrons.